The lowest BCUT2D eigenvalue weighted by Crippen LogP contribution is -2.50. The fraction of sp³-hybridized carbons (Fsp3) is 0.611. The summed E-state index contributed by atoms with van der Waals surface area (Å²) in [6.45, 7) is 3.48. The van der Waals surface area contributed by atoms with E-state index in [9.17, 15) is 4.79 Å². The van der Waals surface area contributed by atoms with Crippen molar-refractivity contribution >= 4 is 11.6 Å². The van der Waals surface area contributed by atoms with Gasteiger partial charge in [-0.2, -0.15) is 0 Å². The molecule has 1 unspecified atom stereocenters. The van der Waals surface area contributed by atoms with Gasteiger partial charge in [-0.15, -0.1) is 0 Å². The second-order valence-electron chi connectivity index (χ2n) is 6.41. The Hall–Kier alpha value is -1.55. The molecule has 2 aliphatic rings. The largest absolute Gasteiger partial charge is 0.381 e. The van der Waals surface area contributed by atoms with Crippen molar-refractivity contribution in [3.8, 4) is 0 Å². The number of carbonyl (C=O) groups excluding carboxylic acids is 1. The van der Waals surface area contributed by atoms with Crippen LogP contribution in [0.5, 0.6) is 0 Å². The zero-order chi connectivity index (χ0) is 15.4. The van der Waals surface area contributed by atoms with Gasteiger partial charge in [0.25, 0.3) is 0 Å². The molecule has 1 aromatic rings. The van der Waals surface area contributed by atoms with Crippen molar-refractivity contribution in [2.24, 2.45) is 5.92 Å². The lowest BCUT2D eigenvalue weighted by atomic mass is 9.96. The molecule has 1 aromatic carbocycles. The molecule has 0 aliphatic carbocycles. The van der Waals surface area contributed by atoms with E-state index in [1.54, 1.807) is 0 Å². The smallest absolute Gasteiger partial charge is 0.225 e. The Balaban J connectivity index is 1.62. The number of anilines is 1. The molecule has 4 heteroatoms. The number of nitrogens with zero attached hydrogens (tertiary/aromatic N) is 2. The van der Waals surface area contributed by atoms with Gasteiger partial charge in [0.15, 0.2) is 0 Å². The fourth-order valence-corrected chi connectivity index (χ4v) is 3.56. The third-order valence-electron chi connectivity index (χ3n) is 4.98. The number of likely N-dealkylation sites (N-methyl/N-ethyl adjacent to an activating group) is 1. The Morgan fingerprint density at radius 1 is 1.18 bits per heavy atom. The molecule has 2 fully saturated rings. The molecule has 0 saturated carbocycles. The Kier molecular flexibility index (Phi) is 4.98. The zero-order valence-electron chi connectivity index (χ0n) is 13.4. The van der Waals surface area contributed by atoms with Crippen LogP contribution in [0.3, 0.4) is 0 Å². The van der Waals surface area contributed by atoms with Gasteiger partial charge in [0, 0.05) is 51.0 Å². The number of benzene rings is 1. The average molecular weight is 302 g/mol. The predicted octanol–water partition coefficient (Wildman–Crippen LogP) is 2.54. The molecule has 2 aliphatic heterocycles. The summed E-state index contributed by atoms with van der Waals surface area (Å²) in [4.78, 5) is 17.1. The number of carbonyl (C=O) groups is 1. The highest BCUT2D eigenvalue weighted by Gasteiger charge is 2.31. The normalized spacial score (nSPS) is 23.3. The lowest BCUT2D eigenvalue weighted by Gasteiger charge is -2.40. The Morgan fingerprint density at radius 2 is 1.91 bits per heavy atom. The van der Waals surface area contributed by atoms with Gasteiger partial charge in [0.05, 0.1) is 0 Å². The molecule has 0 radical (unpaired) electrons. The third kappa shape index (κ3) is 3.43. The molecule has 0 aromatic heterocycles. The quantitative estimate of drug-likeness (QED) is 0.860. The van der Waals surface area contributed by atoms with E-state index in [0.717, 1.165) is 52.0 Å². The Morgan fingerprint density at radius 3 is 2.64 bits per heavy atom. The summed E-state index contributed by atoms with van der Waals surface area (Å²) < 4.78 is 5.37. The van der Waals surface area contributed by atoms with Crippen molar-refractivity contribution in [3.63, 3.8) is 0 Å². The first-order valence-electron chi connectivity index (χ1n) is 8.40. The van der Waals surface area contributed by atoms with Gasteiger partial charge in [-0.1, -0.05) is 18.2 Å². The fourth-order valence-electron chi connectivity index (χ4n) is 3.56. The predicted molar refractivity (Wildman–Crippen MR) is 88.0 cm³/mol. The molecule has 120 valence electrons. The number of rotatable bonds is 3. The molecule has 2 heterocycles. The van der Waals surface area contributed by atoms with Crippen molar-refractivity contribution in [2.75, 3.05) is 38.3 Å². The minimum absolute atomic E-state index is 0.158. The molecule has 2 saturated heterocycles. The molecular weight excluding hydrogens is 276 g/mol. The average Bonchev–Trinajstić information content (AvgIpc) is 2.62. The molecule has 1 amide bonds. The Bertz CT molecular complexity index is 485. The van der Waals surface area contributed by atoms with Crippen molar-refractivity contribution in [1.29, 1.82) is 0 Å². The Labute approximate surface area is 133 Å². The van der Waals surface area contributed by atoms with Crippen molar-refractivity contribution in [2.45, 2.75) is 31.7 Å². The lowest BCUT2D eigenvalue weighted by molar-refractivity contribution is -0.139. The van der Waals surface area contributed by atoms with Crippen molar-refractivity contribution < 1.29 is 9.53 Å². The monoisotopic (exact) mass is 302 g/mol. The SMILES string of the molecule is CN(C(=O)C1CCOCC1)C1CCCN(c2ccccc2)C1. The second-order valence-corrected chi connectivity index (χ2v) is 6.41. The van der Waals surface area contributed by atoms with Gasteiger partial charge in [-0.25, -0.2) is 0 Å². The van der Waals surface area contributed by atoms with Crippen molar-refractivity contribution in [3.05, 3.63) is 30.3 Å². The maximum atomic E-state index is 12.7. The molecular formula is C18H26N2O2. The van der Waals surface area contributed by atoms with Gasteiger partial charge < -0.3 is 14.5 Å². The van der Waals surface area contributed by atoms with Gasteiger partial charge >= 0.3 is 0 Å². The highest BCUT2D eigenvalue weighted by atomic mass is 16.5. The summed E-state index contributed by atoms with van der Waals surface area (Å²) in [6.07, 6.45) is 4.00. The van der Waals surface area contributed by atoms with Crippen LogP contribution in [-0.2, 0) is 9.53 Å². The van der Waals surface area contributed by atoms with Crippen LogP contribution in [0.4, 0.5) is 5.69 Å². The van der Waals surface area contributed by atoms with Crippen molar-refractivity contribution in [1.82, 2.24) is 4.90 Å². The van der Waals surface area contributed by atoms with Crippen LogP contribution < -0.4 is 4.90 Å². The van der Waals surface area contributed by atoms with Gasteiger partial charge in [-0.3, -0.25) is 4.79 Å². The highest BCUT2D eigenvalue weighted by Crippen LogP contribution is 2.24. The summed E-state index contributed by atoms with van der Waals surface area (Å²) in [5.41, 5.74) is 1.26. The van der Waals surface area contributed by atoms with Crippen LogP contribution in [0.25, 0.3) is 0 Å². The molecule has 0 spiro atoms. The molecule has 4 nitrogen and oxygen atoms in total. The summed E-state index contributed by atoms with van der Waals surface area (Å²) in [5, 5.41) is 0. The minimum Gasteiger partial charge on any atom is -0.381 e. The zero-order valence-corrected chi connectivity index (χ0v) is 13.4. The minimum atomic E-state index is 0.158. The van der Waals surface area contributed by atoms with Gasteiger partial charge in [0.2, 0.25) is 5.91 Å². The number of ether oxygens (including phenoxy) is 1. The van der Waals surface area contributed by atoms with E-state index in [1.807, 2.05) is 18.0 Å². The standard InChI is InChI=1S/C18H26N2O2/c1-19(18(21)15-9-12-22-13-10-15)17-8-5-11-20(14-17)16-6-3-2-4-7-16/h2-4,6-7,15,17H,5,8-14H2,1H3. The van der Waals surface area contributed by atoms with Gasteiger partial charge in [-0.05, 0) is 37.8 Å². The summed E-state index contributed by atoms with van der Waals surface area (Å²) in [6, 6.07) is 10.8. The van der Waals surface area contributed by atoms with E-state index in [4.69, 9.17) is 4.74 Å². The molecule has 22 heavy (non-hydrogen) atoms. The highest BCUT2D eigenvalue weighted by molar-refractivity contribution is 5.79. The second kappa shape index (κ2) is 7.14. The van der Waals surface area contributed by atoms with Crippen LogP contribution in [0.15, 0.2) is 30.3 Å². The molecule has 1 atom stereocenters. The van der Waals surface area contributed by atoms with Crippen LogP contribution in [0.2, 0.25) is 0 Å². The van der Waals surface area contributed by atoms with E-state index < -0.39 is 0 Å². The van der Waals surface area contributed by atoms with Crippen LogP contribution in [0, 0.1) is 5.92 Å². The number of hydrogen-bond donors (Lipinski definition) is 0. The van der Waals surface area contributed by atoms with Crippen LogP contribution in [-0.4, -0.2) is 50.2 Å². The van der Waals surface area contributed by atoms with E-state index in [-0.39, 0.29) is 5.92 Å². The number of piperidine rings is 1. The summed E-state index contributed by atoms with van der Waals surface area (Å²) >= 11 is 0. The molecule has 3 rings (SSSR count). The third-order valence-corrected chi connectivity index (χ3v) is 4.98. The summed E-state index contributed by atoms with van der Waals surface area (Å²) in [5.74, 6) is 0.467. The maximum absolute atomic E-state index is 12.7. The molecule has 0 N–H and O–H groups in total. The first-order valence-corrected chi connectivity index (χ1v) is 8.40. The maximum Gasteiger partial charge on any atom is 0.225 e. The topological polar surface area (TPSA) is 32.8 Å². The van der Waals surface area contributed by atoms with E-state index >= 15 is 0 Å². The van der Waals surface area contributed by atoms with E-state index in [2.05, 4.69) is 29.2 Å². The number of hydrogen-bond acceptors (Lipinski definition) is 3. The van der Waals surface area contributed by atoms with Crippen LogP contribution in [0.1, 0.15) is 25.7 Å². The van der Waals surface area contributed by atoms with E-state index in [1.165, 1.54) is 5.69 Å². The number of para-hydroxylation sites is 1. The first-order chi connectivity index (χ1) is 10.8. The summed E-state index contributed by atoms with van der Waals surface area (Å²) in [7, 11) is 1.98. The van der Waals surface area contributed by atoms with Gasteiger partial charge in [0.1, 0.15) is 0 Å². The first kappa shape index (κ1) is 15.3. The number of amides is 1. The molecule has 0 bridgehead atoms. The van der Waals surface area contributed by atoms with E-state index in [0.29, 0.717) is 11.9 Å². The van der Waals surface area contributed by atoms with Crippen LogP contribution >= 0.6 is 0 Å².